The fraction of sp³-hybridized carbons (Fsp3) is 0.588. The van der Waals surface area contributed by atoms with Crippen LogP contribution in [0.25, 0.3) is 0 Å². The first-order valence-electron chi connectivity index (χ1n) is 8.03. The summed E-state index contributed by atoms with van der Waals surface area (Å²) < 4.78 is 5.82. The molecule has 1 heterocycles. The second-order valence-corrected chi connectivity index (χ2v) is 6.20. The number of hydrogen-bond acceptors (Lipinski definition) is 3. The van der Waals surface area contributed by atoms with Gasteiger partial charge in [-0.3, -0.25) is 4.79 Å². The molecule has 21 heavy (non-hydrogen) atoms. The number of amides is 1. The molecule has 2 N–H and O–H groups in total. The van der Waals surface area contributed by atoms with Crippen LogP contribution in [0.4, 0.5) is 5.69 Å². The molecule has 0 aromatic heterocycles. The van der Waals surface area contributed by atoms with Crippen molar-refractivity contribution in [2.45, 2.75) is 32.1 Å². The van der Waals surface area contributed by atoms with Crippen LogP contribution in [0.2, 0.25) is 0 Å². The molecule has 1 aromatic rings. The fourth-order valence-electron chi connectivity index (χ4n) is 2.70. The molecule has 1 saturated heterocycles. The van der Waals surface area contributed by atoms with Crippen LogP contribution in [0.3, 0.4) is 0 Å². The number of benzene rings is 1. The van der Waals surface area contributed by atoms with E-state index in [-0.39, 0.29) is 5.91 Å². The topological polar surface area (TPSA) is 50.4 Å². The van der Waals surface area contributed by atoms with Gasteiger partial charge in [-0.05, 0) is 62.7 Å². The quantitative estimate of drug-likeness (QED) is 0.811. The lowest BCUT2D eigenvalue weighted by Gasteiger charge is -2.13. The zero-order chi connectivity index (χ0) is 14.5. The van der Waals surface area contributed by atoms with Crippen LogP contribution < -0.4 is 15.4 Å². The third-order valence-electron chi connectivity index (χ3n) is 4.27. The van der Waals surface area contributed by atoms with Crippen LogP contribution in [-0.4, -0.2) is 25.6 Å². The monoisotopic (exact) mass is 288 g/mol. The molecule has 4 nitrogen and oxygen atoms in total. The number of anilines is 1. The lowest BCUT2D eigenvalue weighted by Crippen LogP contribution is -2.15. The SMILES string of the molecule is O=C(CCC1CCNC1)Nc1ccccc1OCC1CC1. The molecule has 2 aliphatic rings. The Morgan fingerprint density at radius 1 is 1.24 bits per heavy atom. The predicted molar refractivity (Wildman–Crippen MR) is 83.5 cm³/mol. The summed E-state index contributed by atoms with van der Waals surface area (Å²) in [5.41, 5.74) is 0.799. The van der Waals surface area contributed by atoms with Crippen molar-refractivity contribution in [3.8, 4) is 5.75 Å². The minimum Gasteiger partial charge on any atom is -0.491 e. The van der Waals surface area contributed by atoms with Gasteiger partial charge in [0.15, 0.2) is 0 Å². The van der Waals surface area contributed by atoms with Gasteiger partial charge in [0, 0.05) is 6.42 Å². The van der Waals surface area contributed by atoms with Gasteiger partial charge < -0.3 is 15.4 Å². The van der Waals surface area contributed by atoms with Gasteiger partial charge in [0.25, 0.3) is 0 Å². The van der Waals surface area contributed by atoms with E-state index in [2.05, 4.69) is 10.6 Å². The maximum Gasteiger partial charge on any atom is 0.224 e. The number of hydrogen-bond donors (Lipinski definition) is 2. The molecular weight excluding hydrogens is 264 g/mol. The van der Waals surface area contributed by atoms with Crippen LogP contribution in [0.15, 0.2) is 24.3 Å². The Kier molecular flexibility index (Phi) is 4.76. The Hall–Kier alpha value is -1.55. The molecule has 1 aromatic carbocycles. The number of nitrogens with one attached hydrogen (secondary N) is 2. The third-order valence-corrected chi connectivity index (χ3v) is 4.27. The first-order chi connectivity index (χ1) is 10.3. The highest BCUT2D eigenvalue weighted by Gasteiger charge is 2.22. The molecule has 3 rings (SSSR count). The standard InChI is InChI=1S/C17H24N2O2/c20-17(8-7-13-9-10-18-11-13)19-15-3-1-2-4-16(15)21-12-14-5-6-14/h1-4,13-14,18H,5-12H2,(H,19,20). The molecule has 0 radical (unpaired) electrons. The highest BCUT2D eigenvalue weighted by molar-refractivity contribution is 5.92. The van der Waals surface area contributed by atoms with E-state index in [1.807, 2.05) is 24.3 Å². The van der Waals surface area contributed by atoms with E-state index in [9.17, 15) is 4.79 Å². The lowest BCUT2D eigenvalue weighted by molar-refractivity contribution is -0.116. The minimum absolute atomic E-state index is 0.0874. The summed E-state index contributed by atoms with van der Waals surface area (Å²) in [5, 5.41) is 6.33. The van der Waals surface area contributed by atoms with Crippen LogP contribution in [-0.2, 0) is 4.79 Å². The highest BCUT2D eigenvalue weighted by Crippen LogP contribution is 2.31. The molecule has 4 heteroatoms. The average molecular weight is 288 g/mol. The summed E-state index contributed by atoms with van der Waals surface area (Å²) in [5.74, 6) is 2.24. The van der Waals surface area contributed by atoms with E-state index < -0.39 is 0 Å². The van der Waals surface area contributed by atoms with Crippen LogP contribution in [0, 0.1) is 11.8 Å². The number of ether oxygens (including phenoxy) is 1. The van der Waals surface area contributed by atoms with E-state index in [1.165, 1.54) is 19.3 Å². The normalized spacial score (nSPS) is 21.2. The van der Waals surface area contributed by atoms with E-state index in [1.54, 1.807) is 0 Å². The van der Waals surface area contributed by atoms with Gasteiger partial charge in [0.1, 0.15) is 5.75 Å². The molecule has 1 atom stereocenters. The zero-order valence-electron chi connectivity index (χ0n) is 12.4. The largest absolute Gasteiger partial charge is 0.491 e. The Bertz CT molecular complexity index is 479. The number of para-hydroxylation sites is 2. The summed E-state index contributed by atoms with van der Waals surface area (Å²) in [4.78, 5) is 12.1. The van der Waals surface area contributed by atoms with Crippen molar-refractivity contribution in [2.75, 3.05) is 25.0 Å². The number of carbonyl (C=O) groups excluding carboxylic acids is 1. The number of rotatable bonds is 7. The van der Waals surface area contributed by atoms with E-state index in [0.717, 1.165) is 37.6 Å². The Balaban J connectivity index is 1.49. The molecule has 114 valence electrons. The van der Waals surface area contributed by atoms with Crippen LogP contribution >= 0.6 is 0 Å². The molecule has 0 spiro atoms. The van der Waals surface area contributed by atoms with Crippen molar-refractivity contribution in [1.82, 2.24) is 5.32 Å². The maximum absolute atomic E-state index is 12.1. The first kappa shape index (κ1) is 14.4. The molecule has 1 aliphatic carbocycles. The van der Waals surface area contributed by atoms with Gasteiger partial charge >= 0.3 is 0 Å². The average Bonchev–Trinajstić information content (AvgIpc) is 3.18. The Labute approximate surface area is 126 Å². The molecule has 1 aliphatic heterocycles. The van der Waals surface area contributed by atoms with Crippen molar-refractivity contribution in [1.29, 1.82) is 0 Å². The van der Waals surface area contributed by atoms with Gasteiger partial charge in [-0.15, -0.1) is 0 Å². The van der Waals surface area contributed by atoms with Gasteiger partial charge in [-0.2, -0.15) is 0 Å². The van der Waals surface area contributed by atoms with Crippen molar-refractivity contribution in [3.63, 3.8) is 0 Å². The Morgan fingerprint density at radius 2 is 2.10 bits per heavy atom. The van der Waals surface area contributed by atoms with Crippen molar-refractivity contribution < 1.29 is 9.53 Å². The van der Waals surface area contributed by atoms with Crippen LogP contribution in [0.5, 0.6) is 5.75 Å². The minimum atomic E-state index is 0.0874. The summed E-state index contributed by atoms with van der Waals surface area (Å²) in [6, 6.07) is 7.72. The maximum atomic E-state index is 12.1. The second-order valence-electron chi connectivity index (χ2n) is 6.20. The lowest BCUT2D eigenvalue weighted by atomic mass is 10.0. The van der Waals surface area contributed by atoms with E-state index in [4.69, 9.17) is 4.74 Å². The van der Waals surface area contributed by atoms with Gasteiger partial charge in [0.2, 0.25) is 5.91 Å². The molecule has 1 unspecified atom stereocenters. The number of carbonyl (C=O) groups is 1. The van der Waals surface area contributed by atoms with E-state index in [0.29, 0.717) is 18.3 Å². The fourth-order valence-corrected chi connectivity index (χ4v) is 2.70. The van der Waals surface area contributed by atoms with E-state index >= 15 is 0 Å². The summed E-state index contributed by atoms with van der Waals surface area (Å²) >= 11 is 0. The third kappa shape index (κ3) is 4.46. The first-order valence-corrected chi connectivity index (χ1v) is 8.03. The summed E-state index contributed by atoms with van der Waals surface area (Å²) in [7, 11) is 0. The zero-order valence-corrected chi connectivity index (χ0v) is 12.4. The second kappa shape index (κ2) is 6.94. The molecule has 2 fully saturated rings. The predicted octanol–water partition coefficient (Wildman–Crippen LogP) is 2.80. The van der Waals surface area contributed by atoms with Crippen LogP contribution in [0.1, 0.15) is 32.1 Å². The van der Waals surface area contributed by atoms with Crippen molar-refractivity contribution in [3.05, 3.63) is 24.3 Å². The summed E-state index contributed by atoms with van der Waals surface area (Å²) in [6.07, 6.45) is 5.27. The molecule has 1 amide bonds. The highest BCUT2D eigenvalue weighted by atomic mass is 16.5. The van der Waals surface area contributed by atoms with Gasteiger partial charge in [0.05, 0.1) is 12.3 Å². The van der Waals surface area contributed by atoms with Crippen molar-refractivity contribution >= 4 is 11.6 Å². The molecular formula is C17H24N2O2. The van der Waals surface area contributed by atoms with Crippen molar-refractivity contribution in [2.24, 2.45) is 11.8 Å². The molecule has 1 saturated carbocycles. The summed E-state index contributed by atoms with van der Waals surface area (Å²) in [6.45, 7) is 2.90. The smallest absolute Gasteiger partial charge is 0.224 e. The Morgan fingerprint density at radius 3 is 2.86 bits per heavy atom. The van der Waals surface area contributed by atoms with Gasteiger partial charge in [-0.1, -0.05) is 12.1 Å². The van der Waals surface area contributed by atoms with Gasteiger partial charge in [-0.25, -0.2) is 0 Å². The molecule has 0 bridgehead atoms.